The van der Waals surface area contributed by atoms with Crippen LogP contribution in [0.3, 0.4) is 0 Å². The summed E-state index contributed by atoms with van der Waals surface area (Å²) in [5.41, 5.74) is 0.586. The molecule has 2 fully saturated rings. The van der Waals surface area contributed by atoms with Gasteiger partial charge in [0.1, 0.15) is 5.69 Å². The SMILES string of the molecule is CCC1(NC(=O)c2ccn(C3CCCNC3)n2)CCC1.Cl. The molecule has 1 atom stereocenters. The highest BCUT2D eigenvalue weighted by Gasteiger charge is 2.37. The number of halogens is 1. The first-order valence-electron chi connectivity index (χ1n) is 7.81. The van der Waals surface area contributed by atoms with E-state index < -0.39 is 0 Å². The number of piperidine rings is 1. The van der Waals surface area contributed by atoms with Crippen LogP contribution >= 0.6 is 12.4 Å². The van der Waals surface area contributed by atoms with Crippen LogP contribution in [-0.4, -0.2) is 34.3 Å². The molecule has 1 aliphatic heterocycles. The number of hydrogen-bond donors (Lipinski definition) is 2. The van der Waals surface area contributed by atoms with Crippen molar-refractivity contribution in [2.75, 3.05) is 13.1 Å². The van der Waals surface area contributed by atoms with Gasteiger partial charge in [-0.15, -0.1) is 12.4 Å². The quantitative estimate of drug-likeness (QED) is 0.897. The van der Waals surface area contributed by atoms with Crippen molar-refractivity contribution in [3.05, 3.63) is 18.0 Å². The zero-order valence-corrected chi connectivity index (χ0v) is 13.4. The molecule has 0 spiro atoms. The van der Waals surface area contributed by atoms with Crippen LogP contribution in [0.25, 0.3) is 0 Å². The summed E-state index contributed by atoms with van der Waals surface area (Å²) in [5, 5.41) is 11.0. The highest BCUT2D eigenvalue weighted by atomic mass is 35.5. The normalized spacial score (nSPS) is 23.8. The van der Waals surface area contributed by atoms with E-state index in [1.54, 1.807) is 0 Å². The Morgan fingerprint density at radius 2 is 2.33 bits per heavy atom. The predicted molar refractivity (Wildman–Crippen MR) is 85.0 cm³/mol. The molecular formula is C15H25ClN4O. The lowest BCUT2D eigenvalue weighted by Gasteiger charge is -2.41. The number of nitrogens with zero attached hydrogens (tertiary/aromatic N) is 2. The maximum atomic E-state index is 12.3. The second-order valence-corrected chi connectivity index (χ2v) is 6.12. The number of rotatable bonds is 4. The molecule has 5 nitrogen and oxygen atoms in total. The minimum Gasteiger partial charge on any atom is -0.345 e. The second-order valence-electron chi connectivity index (χ2n) is 6.12. The zero-order valence-electron chi connectivity index (χ0n) is 12.6. The Hall–Kier alpha value is -1.07. The zero-order chi connectivity index (χ0) is 14.0. The lowest BCUT2D eigenvalue weighted by atomic mass is 9.75. The molecule has 118 valence electrons. The van der Waals surface area contributed by atoms with Crippen molar-refractivity contribution in [2.45, 2.75) is 57.0 Å². The van der Waals surface area contributed by atoms with Gasteiger partial charge in [-0.05, 0) is 51.1 Å². The first-order chi connectivity index (χ1) is 9.72. The van der Waals surface area contributed by atoms with Gasteiger partial charge in [-0.1, -0.05) is 6.92 Å². The van der Waals surface area contributed by atoms with Crippen LogP contribution < -0.4 is 10.6 Å². The number of hydrogen-bond acceptors (Lipinski definition) is 3. The van der Waals surface area contributed by atoms with Crippen LogP contribution in [0.1, 0.15) is 62.0 Å². The average Bonchev–Trinajstić information content (AvgIpc) is 2.93. The maximum absolute atomic E-state index is 12.3. The summed E-state index contributed by atoms with van der Waals surface area (Å²) in [6.07, 6.45) is 8.67. The Morgan fingerprint density at radius 1 is 1.52 bits per heavy atom. The van der Waals surface area contributed by atoms with Crippen LogP contribution in [0.5, 0.6) is 0 Å². The topological polar surface area (TPSA) is 59.0 Å². The van der Waals surface area contributed by atoms with Crippen LogP contribution in [0, 0.1) is 0 Å². The van der Waals surface area contributed by atoms with Crippen LogP contribution in [0.15, 0.2) is 12.3 Å². The summed E-state index contributed by atoms with van der Waals surface area (Å²) >= 11 is 0. The summed E-state index contributed by atoms with van der Waals surface area (Å²) in [6, 6.07) is 2.22. The van der Waals surface area contributed by atoms with E-state index in [4.69, 9.17) is 0 Å². The monoisotopic (exact) mass is 312 g/mol. The van der Waals surface area contributed by atoms with E-state index in [0.29, 0.717) is 11.7 Å². The number of carbonyl (C=O) groups excluding carboxylic acids is 1. The van der Waals surface area contributed by atoms with Crippen LogP contribution in [0.2, 0.25) is 0 Å². The van der Waals surface area contributed by atoms with Crippen molar-refractivity contribution in [1.82, 2.24) is 20.4 Å². The Labute approximate surface area is 132 Å². The van der Waals surface area contributed by atoms with Gasteiger partial charge in [0.05, 0.1) is 6.04 Å². The smallest absolute Gasteiger partial charge is 0.272 e. The van der Waals surface area contributed by atoms with Gasteiger partial charge in [0.25, 0.3) is 5.91 Å². The summed E-state index contributed by atoms with van der Waals surface area (Å²) in [4.78, 5) is 12.3. The van der Waals surface area contributed by atoms with Gasteiger partial charge in [0.15, 0.2) is 0 Å². The molecule has 1 aliphatic carbocycles. The number of nitrogens with one attached hydrogen (secondary N) is 2. The van der Waals surface area contributed by atoms with E-state index in [2.05, 4.69) is 22.7 Å². The lowest BCUT2D eigenvalue weighted by molar-refractivity contribution is 0.0814. The van der Waals surface area contributed by atoms with Crippen LogP contribution in [0.4, 0.5) is 0 Å². The Bertz CT molecular complexity index is 472. The molecule has 6 heteroatoms. The molecule has 1 saturated heterocycles. The summed E-state index contributed by atoms with van der Waals surface area (Å²) in [5.74, 6) is -0.0194. The fourth-order valence-electron chi connectivity index (χ4n) is 3.20. The van der Waals surface area contributed by atoms with Crippen molar-refractivity contribution in [3.63, 3.8) is 0 Å². The molecule has 0 bridgehead atoms. The molecular weight excluding hydrogens is 288 g/mol. The molecule has 21 heavy (non-hydrogen) atoms. The van der Waals surface area contributed by atoms with Crippen molar-refractivity contribution in [1.29, 1.82) is 0 Å². The lowest BCUT2D eigenvalue weighted by Crippen LogP contribution is -2.53. The summed E-state index contributed by atoms with van der Waals surface area (Å²) in [6.45, 7) is 4.18. The van der Waals surface area contributed by atoms with Crippen molar-refractivity contribution < 1.29 is 4.79 Å². The van der Waals surface area contributed by atoms with Gasteiger partial charge >= 0.3 is 0 Å². The van der Waals surface area contributed by atoms with Gasteiger partial charge in [0.2, 0.25) is 0 Å². The van der Waals surface area contributed by atoms with Gasteiger partial charge < -0.3 is 10.6 Å². The highest BCUT2D eigenvalue weighted by molar-refractivity contribution is 5.92. The van der Waals surface area contributed by atoms with E-state index in [9.17, 15) is 4.79 Å². The van der Waals surface area contributed by atoms with Gasteiger partial charge in [-0.2, -0.15) is 5.10 Å². The number of amides is 1. The largest absolute Gasteiger partial charge is 0.345 e. The van der Waals surface area contributed by atoms with Crippen LogP contribution in [-0.2, 0) is 0 Å². The fraction of sp³-hybridized carbons (Fsp3) is 0.733. The molecule has 2 N–H and O–H groups in total. The average molecular weight is 313 g/mol. The molecule has 1 aromatic rings. The minimum atomic E-state index is -0.0194. The summed E-state index contributed by atoms with van der Waals surface area (Å²) < 4.78 is 1.94. The van der Waals surface area contributed by atoms with Crippen molar-refractivity contribution in [3.8, 4) is 0 Å². The third-order valence-corrected chi connectivity index (χ3v) is 4.85. The molecule has 1 unspecified atom stereocenters. The van der Waals surface area contributed by atoms with E-state index in [-0.39, 0.29) is 23.9 Å². The second kappa shape index (κ2) is 6.79. The highest BCUT2D eigenvalue weighted by Crippen LogP contribution is 2.34. The minimum absolute atomic E-state index is 0. The molecule has 2 aliphatic rings. The molecule has 1 aromatic heterocycles. The maximum Gasteiger partial charge on any atom is 0.272 e. The summed E-state index contributed by atoms with van der Waals surface area (Å²) in [7, 11) is 0. The van der Waals surface area contributed by atoms with Gasteiger partial charge in [-0.25, -0.2) is 0 Å². The Balaban J connectivity index is 0.00000161. The molecule has 0 radical (unpaired) electrons. The molecule has 2 heterocycles. The third-order valence-electron chi connectivity index (χ3n) is 4.85. The van der Waals surface area contributed by atoms with Gasteiger partial charge in [-0.3, -0.25) is 9.48 Å². The standard InChI is InChI=1S/C15H24N4O.ClH/c1-2-15(7-4-8-15)17-14(20)13-6-10-19(18-13)12-5-3-9-16-11-12;/h6,10,12,16H,2-5,7-9,11H2,1H3,(H,17,20);1H. The van der Waals surface area contributed by atoms with E-state index in [0.717, 1.165) is 38.8 Å². The number of carbonyl (C=O) groups is 1. The first-order valence-corrected chi connectivity index (χ1v) is 7.81. The third kappa shape index (κ3) is 3.40. The molecule has 1 amide bonds. The molecule has 1 saturated carbocycles. The van der Waals surface area contributed by atoms with Crippen molar-refractivity contribution >= 4 is 18.3 Å². The molecule has 0 aromatic carbocycles. The Morgan fingerprint density at radius 3 is 2.90 bits per heavy atom. The fourth-order valence-corrected chi connectivity index (χ4v) is 3.20. The van der Waals surface area contributed by atoms with E-state index in [1.165, 1.54) is 12.8 Å². The Kier molecular flexibility index (Phi) is 5.27. The molecule has 3 rings (SSSR count). The van der Waals surface area contributed by atoms with E-state index in [1.807, 2.05) is 16.9 Å². The number of aromatic nitrogens is 2. The first kappa shape index (κ1) is 16.3. The van der Waals surface area contributed by atoms with E-state index >= 15 is 0 Å². The van der Waals surface area contributed by atoms with Gasteiger partial charge in [0, 0.05) is 18.3 Å². The van der Waals surface area contributed by atoms with Crippen molar-refractivity contribution in [2.24, 2.45) is 0 Å². The predicted octanol–water partition coefficient (Wildman–Crippen LogP) is 2.29.